The summed E-state index contributed by atoms with van der Waals surface area (Å²) in [6.45, 7) is 2.46. The van der Waals surface area contributed by atoms with Crippen molar-refractivity contribution in [3.05, 3.63) is 48.2 Å². The van der Waals surface area contributed by atoms with Gasteiger partial charge in [-0.05, 0) is 5.56 Å². The lowest BCUT2D eigenvalue weighted by Gasteiger charge is -2.05. The number of hydrogen-bond acceptors (Lipinski definition) is 5. The maximum atomic E-state index is 10.7. The Kier molecular flexibility index (Phi) is 8.93. The molecule has 0 saturated carbocycles. The van der Waals surface area contributed by atoms with Gasteiger partial charge < -0.3 is 18.9 Å². The number of methoxy groups -OCH3 is 1. The number of ether oxygens (including phenoxy) is 4. The van der Waals surface area contributed by atoms with E-state index in [1.54, 1.807) is 0 Å². The molecule has 0 amide bonds. The quantitative estimate of drug-likeness (QED) is 0.284. The Bertz CT molecular complexity index is 389. The average molecular weight is 280 g/mol. The van der Waals surface area contributed by atoms with Gasteiger partial charge in [-0.25, -0.2) is 4.79 Å². The van der Waals surface area contributed by atoms with Gasteiger partial charge >= 0.3 is 5.97 Å². The minimum Gasteiger partial charge on any atom is -0.499 e. The fraction of sp³-hybridized carbons (Fsp3) is 0.400. The molecular formula is C15H20O5. The summed E-state index contributed by atoms with van der Waals surface area (Å²) in [6.07, 6.45) is 2.50. The van der Waals surface area contributed by atoms with Crippen LogP contribution >= 0.6 is 0 Å². The van der Waals surface area contributed by atoms with Gasteiger partial charge in [-0.2, -0.15) is 0 Å². The van der Waals surface area contributed by atoms with Crippen LogP contribution in [0.1, 0.15) is 5.56 Å². The van der Waals surface area contributed by atoms with Crippen molar-refractivity contribution < 1.29 is 23.7 Å². The topological polar surface area (TPSA) is 54.0 Å². The van der Waals surface area contributed by atoms with Crippen molar-refractivity contribution in [1.29, 1.82) is 0 Å². The van der Waals surface area contributed by atoms with Gasteiger partial charge in [0.2, 0.25) is 0 Å². The first-order chi connectivity index (χ1) is 9.83. The first-order valence-corrected chi connectivity index (χ1v) is 6.38. The summed E-state index contributed by atoms with van der Waals surface area (Å²) in [5.74, 6) is -0.444. The summed E-state index contributed by atoms with van der Waals surface area (Å²) in [5.41, 5.74) is 1.14. The van der Waals surface area contributed by atoms with Gasteiger partial charge in [0.1, 0.15) is 6.61 Å². The molecule has 0 radical (unpaired) electrons. The second-order valence-corrected chi connectivity index (χ2v) is 3.85. The molecule has 0 fully saturated rings. The summed E-state index contributed by atoms with van der Waals surface area (Å²) in [4.78, 5) is 10.7. The van der Waals surface area contributed by atoms with Crippen LogP contribution in [0.25, 0.3) is 0 Å². The van der Waals surface area contributed by atoms with Gasteiger partial charge in [-0.1, -0.05) is 30.3 Å². The van der Waals surface area contributed by atoms with E-state index in [2.05, 4.69) is 4.74 Å². The zero-order valence-electron chi connectivity index (χ0n) is 11.6. The highest BCUT2D eigenvalue weighted by atomic mass is 16.5. The van der Waals surface area contributed by atoms with E-state index in [1.165, 1.54) is 19.4 Å². The molecule has 1 aromatic carbocycles. The van der Waals surface area contributed by atoms with Gasteiger partial charge in [-0.15, -0.1) is 0 Å². The highest BCUT2D eigenvalue weighted by Crippen LogP contribution is 1.99. The molecule has 0 saturated heterocycles. The molecule has 0 aliphatic rings. The molecule has 0 aromatic heterocycles. The van der Waals surface area contributed by atoms with Crippen LogP contribution in [0.5, 0.6) is 0 Å². The maximum absolute atomic E-state index is 10.7. The van der Waals surface area contributed by atoms with E-state index in [4.69, 9.17) is 14.2 Å². The van der Waals surface area contributed by atoms with Crippen LogP contribution in [0.2, 0.25) is 0 Å². The van der Waals surface area contributed by atoms with Crippen LogP contribution in [0.15, 0.2) is 42.7 Å². The molecule has 5 nitrogen and oxygen atoms in total. The maximum Gasteiger partial charge on any atom is 0.333 e. The molecule has 5 heteroatoms. The minimum absolute atomic E-state index is 0.381. The second-order valence-electron chi connectivity index (χ2n) is 3.85. The monoisotopic (exact) mass is 280 g/mol. The van der Waals surface area contributed by atoms with E-state index < -0.39 is 5.97 Å². The molecule has 20 heavy (non-hydrogen) atoms. The van der Waals surface area contributed by atoms with Crippen LogP contribution < -0.4 is 0 Å². The Labute approximate surface area is 119 Å². The minimum atomic E-state index is -0.444. The van der Waals surface area contributed by atoms with Crippen molar-refractivity contribution in [2.24, 2.45) is 0 Å². The predicted molar refractivity (Wildman–Crippen MR) is 74.0 cm³/mol. The van der Waals surface area contributed by atoms with E-state index in [9.17, 15) is 4.79 Å². The number of esters is 1. The smallest absolute Gasteiger partial charge is 0.333 e. The summed E-state index contributed by atoms with van der Waals surface area (Å²) in [7, 11) is 1.31. The van der Waals surface area contributed by atoms with Crippen LogP contribution in [-0.2, 0) is 30.3 Å². The molecule has 0 unspecified atom stereocenters. The van der Waals surface area contributed by atoms with E-state index in [0.717, 1.165) is 5.56 Å². The zero-order chi connectivity index (χ0) is 14.5. The Hall–Kier alpha value is -1.85. The van der Waals surface area contributed by atoms with Crippen LogP contribution in [0.4, 0.5) is 0 Å². The van der Waals surface area contributed by atoms with Gasteiger partial charge in [0.15, 0.2) is 0 Å². The number of hydrogen-bond donors (Lipinski definition) is 0. The fourth-order valence-corrected chi connectivity index (χ4v) is 1.33. The molecule has 0 bridgehead atoms. The van der Waals surface area contributed by atoms with Crippen molar-refractivity contribution >= 4 is 5.97 Å². The fourth-order valence-electron chi connectivity index (χ4n) is 1.33. The molecular weight excluding hydrogens is 260 g/mol. The van der Waals surface area contributed by atoms with E-state index in [0.29, 0.717) is 33.0 Å². The Morgan fingerprint density at radius 2 is 1.75 bits per heavy atom. The SMILES string of the molecule is COC(=O)/C=C/OCCOCCOCc1ccccc1. The van der Waals surface area contributed by atoms with Gasteiger partial charge in [0, 0.05) is 0 Å². The van der Waals surface area contributed by atoms with Crippen molar-refractivity contribution in [2.45, 2.75) is 6.61 Å². The molecule has 0 N–H and O–H groups in total. The molecule has 0 atom stereocenters. The second kappa shape index (κ2) is 11.0. The van der Waals surface area contributed by atoms with Gasteiger partial charge in [0.25, 0.3) is 0 Å². The number of benzene rings is 1. The Morgan fingerprint density at radius 3 is 2.50 bits per heavy atom. The summed E-state index contributed by atoms with van der Waals surface area (Å²) >= 11 is 0. The molecule has 110 valence electrons. The third kappa shape index (κ3) is 8.29. The first-order valence-electron chi connectivity index (χ1n) is 6.38. The van der Waals surface area contributed by atoms with Crippen molar-refractivity contribution in [3.63, 3.8) is 0 Å². The van der Waals surface area contributed by atoms with E-state index >= 15 is 0 Å². The molecule has 1 aromatic rings. The Morgan fingerprint density at radius 1 is 1.05 bits per heavy atom. The largest absolute Gasteiger partial charge is 0.499 e. The van der Waals surface area contributed by atoms with Crippen LogP contribution in [0, 0.1) is 0 Å². The summed E-state index contributed by atoms with van der Waals surface area (Å²) in [6, 6.07) is 9.97. The standard InChI is InChI=1S/C15H20O5/c1-17-15(16)7-8-18-9-10-19-11-12-20-13-14-5-3-2-4-6-14/h2-8H,9-13H2,1H3/b8-7+. The number of carbonyl (C=O) groups is 1. The molecule has 0 heterocycles. The predicted octanol–water partition coefficient (Wildman–Crippen LogP) is 1.92. The lowest BCUT2D eigenvalue weighted by Crippen LogP contribution is -2.08. The normalized spacial score (nSPS) is 10.7. The van der Waals surface area contributed by atoms with E-state index in [1.807, 2.05) is 30.3 Å². The van der Waals surface area contributed by atoms with Crippen LogP contribution in [0.3, 0.4) is 0 Å². The van der Waals surface area contributed by atoms with Gasteiger partial charge in [0.05, 0.1) is 45.9 Å². The van der Waals surface area contributed by atoms with Crippen molar-refractivity contribution in [2.75, 3.05) is 33.5 Å². The first kappa shape index (κ1) is 16.2. The van der Waals surface area contributed by atoms with E-state index in [-0.39, 0.29) is 0 Å². The highest BCUT2D eigenvalue weighted by molar-refractivity contribution is 5.81. The summed E-state index contributed by atoms with van der Waals surface area (Å²) in [5, 5.41) is 0. The highest BCUT2D eigenvalue weighted by Gasteiger charge is 1.93. The Balaban J connectivity index is 1.88. The lowest BCUT2D eigenvalue weighted by atomic mass is 10.2. The summed E-state index contributed by atoms with van der Waals surface area (Å²) < 4.78 is 20.2. The van der Waals surface area contributed by atoms with Crippen molar-refractivity contribution in [1.82, 2.24) is 0 Å². The van der Waals surface area contributed by atoms with Crippen LogP contribution in [-0.4, -0.2) is 39.5 Å². The molecule has 0 aliphatic heterocycles. The zero-order valence-corrected chi connectivity index (χ0v) is 11.6. The number of rotatable bonds is 10. The molecule has 1 rings (SSSR count). The molecule has 0 aliphatic carbocycles. The molecule has 0 spiro atoms. The lowest BCUT2D eigenvalue weighted by molar-refractivity contribution is -0.135. The van der Waals surface area contributed by atoms with Gasteiger partial charge in [-0.3, -0.25) is 0 Å². The van der Waals surface area contributed by atoms with Crippen molar-refractivity contribution in [3.8, 4) is 0 Å². The average Bonchev–Trinajstić information content (AvgIpc) is 2.50. The third-order valence-electron chi connectivity index (χ3n) is 2.33. The third-order valence-corrected chi connectivity index (χ3v) is 2.33. The number of carbonyl (C=O) groups excluding carboxylic acids is 1.